The molecule has 1 aliphatic heterocycles. The average molecular weight is 205 g/mol. The second-order valence-corrected chi connectivity index (χ2v) is 4.86. The molecule has 15 heavy (non-hydrogen) atoms. The minimum atomic E-state index is 0.118. The van der Waals surface area contributed by atoms with Crippen molar-refractivity contribution in [3.8, 4) is 0 Å². The summed E-state index contributed by atoms with van der Waals surface area (Å²) < 4.78 is 0. The number of nitrogens with zero attached hydrogens (tertiary/aromatic N) is 1. The smallest absolute Gasteiger partial charge is 0.0367 e. The molecule has 0 aliphatic carbocycles. The summed E-state index contributed by atoms with van der Waals surface area (Å²) in [5.41, 5.74) is 1.33. The Morgan fingerprint density at radius 3 is 2.60 bits per heavy atom. The number of allylic oxidation sites excluding steroid dienone is 1. The first-order valence-corrected chi connectivity index (χ1v) is 5.81. The molecule has 0 saturated heterocycles. The van der Waals surface area contributed by atoms with Gasteiger partial charge in [0.2, 0.25) is 0 Å². The molecule has 1 rings (SSSR count). The van der Waals surface area contributed by atoms with Gasteiger partial charge in [0.15, 0.2) is 0 Å². The lowest BCUT2D eigenvalue weighted by atomic mass is 9.91. The van der Waals surface area contributed by atoms with E-state index in [1.165, 1.54) is 18.5 Å². The van der Waals surface area contributed by atoms with Crippen molar-refractivity contribution < 1.29 is 0 Å². The van der Waals surface area contributed by atoms with Crippen LogP contribution >= 0.6 is 0 Å². The molecular formula is C14H23N. The fourth-order valence-electron chi connectivity index (χ4n) is 2.02. The van der Waals surface area contributed by atoms with E-state index in [2.05, 4.69) is 51.1 Å². The summed E-state index contributed by atoms with van der Waals surface area (Å²) in [4.78, 5) is 2.32. The number of hydrogen-bond donors (Lipinski definition) is 0. The van der Waals surface area contributed by atoms with Gasteiger partial charge in [-0.25, -0.2) is 0 Å². The normalized spacial score (nSPS) is 20.7. The number of hydrogen-bond acceptors (Lipinski definition) is 1. The zero-order valence-corrected chi connectivity index (χ0v) is 10.3. The SMILES string of the molecule is C=CCC(CCC)N1C=CC(C)(C)C1=C. The highest BCUT2D eigenvalue weighted by Gasteiger charge is 2.31. The summed E-state index contributed by atoms with van der Waals surface area (Å²) in [7, 11) is 0. The van der Waals surface area contributed by atoms with Gasteiger partial charge in [0.1, 0.15) is 0 Å². The Kier molecular flexibility index (Phi) is 3.78. The van der Waals surface area contributed by atoms with E-state index in [1.54, 1.807) is 0 Å². The van der Waals surface area contributed by atoms with Crippen LogP contribution in [0, 0.1) is 5.41 Å². The van der Waals surface area contributed by atoms with Crippen molar-refractivity contribution in [1.82, 2.24) is 4.90 Å². The fourth-order valence-corrected chi connectivity index (χ4v) is 2.02. The molecule has 0 aromatic rings. The zero-order chi connectivity index (χ0) is 11.5. The van der Waals surface area contributed by atoms with E-state index in [9.17, 15) is 0 Å². The van der Waals surface area contributed by atoms with Crippen LogP contribution in [0.5, 0.6) is 0 Å². The fraction of sp³-hybridized carbons (Fsp3) is 0.571. The van der Waals surface area contributed by atoms with Crippen LogP contribution in [0.3, 0.4) is 0 Å². The molecule has 0 aromatic heterocycles. The van der Waals surface area contributed by atoms with Crippen LogP contribution in [-0.4, -0.2) is 10.9 Å². The van der Waals surface area contributed by atoms with E-state index in [1.807, 2.05) is 6.08 Å². The van der Waals surface area contributed by atoms with Crippen LogP contribution in [0.15, 0.2) is 37.2 Å². The maximum atomic E-state index is 4.20. The van der Waals surface area contributed by atoms with E-state index in [4.69, 9.17) is 0 Å². The standard InChI is InChI=1S/C14H23N/c1-6-8-13(9-7-2)15-11-10-14(4,5)12(15)3/h6,10-11,13H,1,3,7-9H2,2,4-5H3. The van der Waals surface area contributed by atoms with Gasteiger partial charge in [-0.2, -0.15) is 0 Å². The van der Waals surface area contributed by atoms with Gasteiger partial charge in [-0.3, -0.25) is 0 Å². The van der Waals surface area contributed by atoms with E-state index in [0.717, 1.165) is 6.42 Å². The second kappa shape index (κ2) is 4.69. The second-order valence-electron chi connectivity index (χ2n) is 4.86. The van der Waals surface area contributed by atoms with Gasteiger partial charge in [-0.15, -0.1) is 6.58 Å². The Morgan fingerprint density at radius 1 is 1.53 bits per heavy atom. The van der Waals surface area contributed by atoms with Gasteiger partial charge < -0.3 is 4.90 Å². The van der Waals surface area contributed by atoms with Crippen LogP contribution in [0.25, 0.3) is 0 Å². The quantitative estimate of drug-likeness (QED) is 0.611. The third kappa shape index (κ3) is 2.53. The highest BCUT2D eigenvalue weighted by molar-refractivity contribution is 5.25. The van der Waals surface area contributed by atoms with E-state index in [-0.39, 0.29) is 5.41 Å². The molecular weight excluding hydrogens is 182 g/mol. The minimum Gasteiger partial charge on any atom is -0.348 e. The Hall–Kier alpha value is -0.980. The summed E-state index contributed by atoms with van der Waals surface area (Å²) in [5.74, 6) is 0. The maximum Gasteiger partial charge on any atom is 0.0367 e. The molecule has 84 valence electrons. The lowest BCUT2D eigenvalue weighted by Crippen LogP contribution is -2.30. The Bertz CT molecular complexity index is 273. The molecule has 0 aromatic carbocycles. The van der Waals surface area contributed by atoms with Gasteiger partial charge in [0, 0.05) is 23.4 Å². The van der Waals surface area contributed by atoms with Gasteiger partial charge in [0.25, 0.3) is 0 Å². The lowest BCUT2D eigenvalue weighted by molar-refractivity contribution is 0.298. The van der Waals surface area contributed by atoms with Crippen molar-refractivity contribution in [2.75, 3.05) is 0 Å². The van der Waals surface area contributed by atoms with E-state index >= 15 is 0 Å². The lowest BCUT2D eigenvalue weighted by Gasteiger charge is -2.32. The molecule has 0 fully saturated rings. The molecule has 1 heterocycles. The van der Waals surface area contributed by atoms with Crippen LogP contribution in [0.2, 0.25) is 0 Å². The molecule has 1 atom stereocenters. The summed E-state index contributed by atoms with van der Waals surface area (Å²) in [6.07, 6.45) is 9.87. The van der Waals surface area contributed by atoms with Crippen LogP contribution in [-0.2, 0) is 0 Å². The highest BCUT2D eigenvalue weighted by Crippen LogP contribution is 2.37. The summed E-state index contributed by atoms with van der Waals surface area (Å²) in [5, 5.41) is 0. The largest absolute Gasteiger partial charge is 0.348 e. The van der Waals surface area contributed by atoms with Crippen molar-refractivity contribution in [2.24, 2.45) is 5.41 Å². The molecule has 0 N–H and O–H groups in total. The van der Waals surface area contributed by atoms with Gasteiger partial charge in [-0.05, 0) is 12.8 Å². The Labute approximate surface area is 94.2 Å². The molecule has 1 heteroatoms. The van der Waals surface area contributed by atoms with Crippen LogP contribution in [0.4, 0.5) is 0 Å². The molecule has 1 aliphatic rings. The van der Waals surface area contributed by atoms with Crippen LogP contribution < -0.4 is 0 Å². The van der Waals surface area contributed by atoms with Crippen molar-refractivity contribution >= 4 is 0 Å². The van der Waals surface area contributed by atoms with E-state index < -0.39 is 0 Å². The molecule has 0 bridgehead atoms. The molecule has 0 saturated carbocycles. The van der Waals surface area contributed by atoms with Gasteiger partial charge in [0.05, 0.1) is 0 Å². The average Bonchev–Trinajstić information content (AvgIpc) is 2.43. The minimum absolute atomic E-state index is 0.118. The monoisotopic (exact) mass is 205 g/mol. The van der Waals surface area contributed by atoms with Crippen molar-refractivity contribution in [1.29, 1.82) is 0 Å². The summed E-state index contributed by atoms with van der Waals surface area (Å²) >= 11 is 0. The number of rotatable bonds is 5. The zero-order valence-electron chi connectivity index (χ0n) is 10.3. The van der Waals surface area contributed by atoms with Crippen molar-refractivity contribution in [3.63, 3.8) is 0 Å². The first kappa shape index (κ1) is 12.1. The topological polar surface area (TPSA) is 3.24 Å². The van der Waals surface area contributed by atoms with Crippen molar-refractivity contribution in [2.45, 2.75) is 46.1 Å². The summed E-state index contributed by atoms with van der Waals surface area (Å²) in [6, 6.07) is 0.540. The summed E-state index contributed by atoms with van der Waals surface area (Å²) in [6.45, 7) is 14.7. The maximum absolute atomic E-state index is 4.20. The Morgan fingerprint density at radius 2 is 2.20 bits per heavy atom. The molecule has 0 amide bonds. The molecule has 1 unspecified atom stereocenters. The highest BCUT2D eigenvalue weighted by atomic mass is 15.2. The molecule has 0 radical (unpaired) electrons. The Balaban J connectivity index is 2.74. The van der Waals surface area contributed by atoms with Gasteiger partial charge >= 0.3 is 0 Å². The van der Waals surface area contributed by atoms with Crippen molar-refractivity contribution in [3.05, 3.63) is 37.2 Å². The van der Waals surface area contributed by atoms with Crippen LogP contribution in [0.1, 0.15) is 40.0 Å². The third-order valence-electron chi connectivity index (χ3n) is 3.16. The predicted molar refractivity (Wildman–Crippen MR) is 67.4 cm³/mol. The molecule has 0 spiro atoms. The van der Waals surface area contributed by atoms with E-state index in [0.29, 0.717) is 6.04 Å². The van der Waals surface area contributed by atoms with Gasteiger partial charge in [-0.1, -0.05) is 45.9 Å². The first-order valence-electron chi connectivity index (χ1n) is 5.81. The predicted octanol–water partition coefficient (Wildman–Crippen LogP) is 4.10. The first-order chi connectivity index (χ1) is 7.03. The molecule has 1 nitrogen and oxygen atoms in total. The third-order valence-corrected chi connectivity index (χ3v) is 3.16.